The van der Waals surface area contributed by atoms with E-state index in [0.29, 0.717) is 49.4 Å². The quantitative estimate of drug-likeness (QED) is 0.764. The molecule has 5 rings (SSSR count). The van der Waals surface area contributed by atoms with E-state index in [4.69, 9.17) is 8.94 Å². The Kier molecular flexibility index (Phi) is 3.54. The van der Waals surface area contributed by atoms with Crippen LogP contribution >= 0.6 is 0 Å². The predicted octanol–water partition coefficient (Wildman–Crippen LogP) is 1.04. The number of furan rings is 1. The standard InChI is InChI=1S/C17H20N4O5S/c1-27(23,24)21-6-13(15-18-14(19-26-15)11-2-3-11)17(10-21)8-20(9-17)16(22)12-4-5-25-7-12/h4-5,7,11,13H,2-3,6,8-10H2,1H3. The molecule has 3 fully saturated rings. The second kappa shape index (κ2) is 5.65. The highest BCUT2D eigenvalue weighted by Crippen LogP contribution is 2.50. The summed E-state index contributed by atoms with van der Waals surface area (Å²) in [5, 5.41) is 4.08. The normalized spacial score (nSPS) is 25.1. The van der Waals surface area contributed by atoms with Gasteiger partial charge in [-0.3, -0.25) is 4.79 Å². The smallest absolute Gasteiger partial charge is 0.257 e. The minimum absolute atomic E-state index is 0.116. The zero-order chi connectivity index (χ0) is 18.8. The Morgan fingerprint density at radius 2 is 2.07 bits per heavy atom. The Hall–Kier alpha value is -2.20. The first-order chi connectivity index (χ1) is 12.9. The second-order valence-electron chi connectivity index (χ2n) is 7.91. The molecule has 2 aliphatic heterocycles. The van der Waals surface area contributed by atoms with Crippen LogP contribution in [0.1, 0.15) is 46.8 Å². The van der Waals surface area contributed by atoms with Crippen LogP contribution in [0.4, 0.5) is 0 Å². The van der Waals surface area contributed by atoms with Gasteiger partial charge < -0.3 is 13.8 Å². The highest BCUT2D eigenvalue weighted by Gasteiger charge is 2.59. The van der Waals surface area contributed by atoms with Crippen LogP contribution in [0.5, 0.6) is 0 Å². The van der Waals surface area contributed by atoms with Crippen molar-refractivity contribution in [2.75, 3.05) is 32.4 Å². The van der Waals surface area contributed by atoms with E-state index in [1.807, 2.05) is 0 Å². The number of carbonyl (C=O) groups excluding carboxylic acids is 1. The molecular weight excluding hydrogens is 372 g/mol. The molecule has 1 amide bonds. The largest absolute Gasteiger partial charge is 0.472 e. The summed E-state index contributed by atoms with van der Waals surface area (Å²) in [4.78, 5) is 18.8. The molecule has 4 heterocycles. The van der Waals surface area contributed by atoms with Crippen LogP contribution in [0, 0.1) is 5.41 Å². The van der Waals surface area contributed by atoms with Crippen molar-refractivity contribution in [3.05, 3.63) is 35.9 Å². The zero-order valence-corrected chi connectivity index (χ0v) is 15.7. The fourth-order valence-electron chi connectivity index (χ4n) is 4.16. The summed E-state index contributed by atoms with van der Waals surface area (Å²) >= 11 is 0. The van der Waals surface area contributed by atoms with E-state index in [9.17, 15) is 13.2 Å². The summed E-state index contributed by atoms with van der Waals surface area (Å²) in [6.45, 7) is 1.56. The number of amides is 1. The van der Waals surface area contributed by atoms with Gasteiger partial charge >= 0.3 is 0 Å². The van der Waals surface area contributed by atoms with E-state index in [1.165, 1.54) is 23.1 Å². The number of likely N-dealkylation sites (tertiary alicyclic amines) is 1. The van der Waals surface area contributed by atoms with Crippen molar-refractivity contribution in [3.63, 3.8) is 0 Å². The average molecular weight is 392 g/mol. The van der Waals surface area contributed by atoms with Gasteiger partial charge in [0.2, 0.25) is 15.9 Å². The molecule has 1 spiro atoms. The van der Waals surface area contributed by atoms with E-state index in [0.717, 1.165) is 12.8 Å². The molecule has 1 saturated carbocycles. The molecule has 0 aromatic carbocycles. The highest BCUT2D eigenvalue weighted by atomic mass is 32.2. The number of hydrogen-bond acceptors (Lipinski definition) is 7. The van der Waals surface area contributed by atoms with Crippen molar-refractivity contribution in [2.24, 2.45) is 5.41 Å². The lowest BCUT2D eigenvalue weighted by atomic mass is 9.71. The lowest BCUT2D eigenvalue weighted by molar-refractivity contribution is 0.00127. The van der Waals surface area contributed by atoms with Crippen LogP contribution in [-0.4, -0.2) is 66.1 Å². The van der Waals surface area contributed by atoms with Crippen molar-refractivity contribution in [1.82, 2.24) is 19.3 Å². The van der Waals surface area contributed by atoms with Gasteiger partial charge in [-0.1, -0.05) is 5.16 Å². The first kappa shape index (κ1) is 16.9. The Balaban J connectivity index is 1.41. The van der Waals surface area contributed by atoms with Gasteiger partial charge in [0.05, 0.1) is 24.0 Å². The number of nitrogens with zero attached hydrogens (tertiary/aromatic N) is 4. The fourth-order valence-corrected chi connectivity index (χ4v) is 5.07. The van der Waals surface area contributed by atoms with E-state index in [-0.39, 0.29) is 11.8 Å². The third kappa shape index (κ3) is 2.78. The Morgan fingerprint density at radius 1 is 1.30 bits per heavy atom. The van der Waals surface area contributed by atoms with Crippen LogP contribution in [0.25, 0.3) is 0 Å². The topological polar surface area (TPSA) is 110 Å². The first-order valence-corrected chi connectivity index (χ1v) is 10.8. The maximum atomic E-state index is 12.5. The van der Waals surface area contributed by atoms with Crippen molar-refractivity contribution in [2.45, 2.75) is 24.7 Å². The Bertz CT molecular complexity index is 973. The van der Waals surface area contributed by atoms with Crippen LogP contribution in [0.15, 0.2) is 27.5 Å². The van der Waals surface area contributed by atoms with Gasteiger partial charge in [-0.05, 0) is 18.9 Å². The highest BCUT2D eigenvalue weighted by molar-refractivity contribution is 7.88. The number of sulfonamides is 1. The van der Waals surface area contributed by atoms with Crippen LogP contribution in [0.3, 0.4) is 0 Å². The molecule has 1 atom stereocenters. The molecule has 0 radical (unpaired) electrons. The number of aromatic nitrogens is 2. The van der Waals surface area contributed by atoms with Crippen molar-refractivity contribution in [1.29, 1.82) is 0 Å². The number of rotatable bonds is 4. The molecule has 144 valence electrons. The van der Waals surface area contributed by atoms with E-state index < -0.39 is 15.4 Å². The first-order valence-electron chi connectivity index (χ1n) is 8.96. The predicted molar refractivity (Wildman–Crippen MR) is 92.5 cm³/mol. The summed E-state index contributed by atoms with van der Waals surface area (Å²) in [6.07, 6.45) is 6.22. The van der Waals surface area contributed by atoms with Crippen molar-refractivity contribution >= 4 is 15.9 Å². The SMILES string of the molecule is CS(=O)(=O)N1CC(c2nc(C3CC3)no2)C2(CN(C(=O)c3ccoc3)C2)C1. The zero-order valence-electron chi connectivity index (χ0n) is 14.9. The summed E-state index contributed by atoms with van der Waals surface area (Å²) < 4.78 is 36.2. The summed E-state index contributed by atoms with van der Waals surface area (Å²) in [5.74, 6) is 1.24. The average Bonchev–Trinajstić information content (AvgIpc) is 3.06. The molecule has 0 N–H and O–H groups in total. The molecule has 2 aromatic heterocycles. The Labute approximate surface area is 156 Å². The lowest BCUT2D eigenvalue weighted by Crippen LogP contribution is -2.61. The van der Waals surface area contributed by atoms with Gasteiger partial charge in [0, 0.05) is 37.5 Å². The van der Waals surface area contributed by atoms with E-state index in [1.54, 1.807) is 11.0 Å². The monoisotopic (exact) mass is 392 g/mol. The lowest BCUT2D eigenvalue weighted by Gasteiger charge is -2.50. The maximum absolute atomic E-state index is 12.5. The third-order valence-electron chi connectivity index (χ3n) is 5.85. The summed E-state index contributed by atoms with van der Waals surface area (Å²) in [5.41, 5.74) is 0.101. The summed E-state index contributed by atoms with van der Waals surface area (Å²) in [7, 11) is -3.34. The molecule has 1 unspecified atom stereocenters. The Morgan fingerprint density at radius 3 is 2.70 bits per heavy atom. The van der Waals surface area contributed by atoms with Gasteiger partial charge in [-0.15, -0.1) is 0 Å². The molecule has 10 heteroatoms. The maximum Gasteiger partial charge on any atom is 0.257 e. The molecular formula is C17H20N4O5S. The van der Waals surface area contributed by atoms with Gasteiger partial charge in [0.1, 0.15) is 6.26 Å². The summed E-state index contributed by atoms with van der Waals surface area (Å²) in [6, 6.07) is 1.63. The third-order valence-corrected chi connectivity index (χ3v) is 7.07. The minimum Gasteiger partial charge on any atom is -0.472 e. The number of carbonyl (C=O) groups is 1. The van der Waals surface area contributed by atoms with Crippen LogP contribution in [0.2, 0.25) is 0 Å². The minimum atomic E-state index is -3.34. The van der Waals surface area contributed by atoms with Gasteiger partial charge in [-0.25, -0.2) is 12.7 Å². The fraction of sp³-hybridized carbons (Fsp3) is 0.588. The second-order valence-corrected chi connectivity index (χ2v) is 9.89. The van der Waals surface area contributed by atoms with Crippen molar-refractivity contribution < 1.29 is 22.2 Å². The number of hydrogen-bond donors (Lipinski definition) is 0. The van der Waals surface area contributed by atoms with Gasteiger partial charge in [0.15, 0.2) is 5.82 Å². The molecule has 27 heavy (non-hydrogen) atoms. The molecule has 2 aromatic rings. The van der Waals surface area contributed by atoms with Crippen molar-refractivity contribution in [3.8, 4) is 0 Å². The van der Waals surface area contributed by atoms with Gasteiger partial charge in [0.25, 0.3) is 5.91 Å². The van der Waals surface area contributed by atoms with Crippen LogP contribution in [-0.2, 0) is 10.0 Å². The van der Waals surface area contributed by atoms with Gasteiger partial charge in [-0.2, -0.15) is 4.98 Å². The van der Waals surface area contributed by atoms with E-state index >= 15 is 0 Å². The van der Waals surface area contributed by atoms with E-state index in [2.05, 4.69) is 10.1 Å². The molecule has 9 nitrogen and oxygen atoms in total. The van der Waals surface area contributed by atoms with Crippen LogP contribution < -0.4 is 0 Å². The molecule has 1 aliphatic carbocycles. The molecule has 0 bridgehead atoms. The molecule has 2 saturated heterocycles. The molecule has 3 aliphatic rings.